The van der Waals surface area contributed by atoms with E-state index in [-0.39, 0.29) is 6.04 Å². The Morgan fingerprint density at radius 2 is 1.62 bits per heavy atom. The van der Waals surface area contributed by atoms with Crippen LogP contribution in [0.2, 0.25) is 0 Å². The molecule has 3 heteroatoms. The van der Waals surface area contributed by atoms with Gasteiger partial charge in [0.05, 0.1) is 12.2 Å². The average molecular weight is 333 g/mol. The van der Waals surface area contributed by atoms with Crippen molar-refractivity contribution in [2.45, 2.75) is 103 Å². The van der Waals surface area contributed by atoms with Crippen LogP contribution < -0.4 is 5.32 Å². The highest BCUT2D eigenvalue weighted by molar-refractivity contribution is 5.82. The predicted molar refractivity (Wildman–Crippen MR) is 97.7 cm³/mol. The van der Waals surface area contributed by atoms with Crippen LogP contribution in [0.15, 0.2) is 0 Å². The van der Waals surface area contributed by atoms with E-state index >= 15 is 0 Å². The van der Waals surface area contributed by atoms with E-state index in [2.05, 4.69) is 24.1 Å². The number of nitrogens with one attached hydrogen (secondary N) is 1. The molecule has 0 radical (unpaired) electrons. The molecule has 4 aliphatic rings. The topological polar surface area (TPSA) is 32.3 Å². The molecule has 2 saturated carbocycles. The Hall–Kier alpha value is -0.410. The maximum Gasteiger partial charge on any atom is 0.147 e. The van der Waals surface area contributed by atoms with Gasteiger partial charge in [0.15, 0.2) is 0 Å². The zero-order valence-electron chi connectivity index (χ0n) is 15.8. The minimum atomic E-state index is 0.165. The molecule has 4 rings (SSSR count). The number of rotatable bonds is 3. The van der Waals surface area contributed by atoms with E-state index in [4.69, 9.17) is 0 Å². The van der Waals surface area contributed by atoms with Gasteiger partial charge < -0.3 is 0 Å². The largest absolute Gasteiger partial charge is 0.298 e. The number of likely N-dealkylation sites (tertiary alicyclic amines) is 1. The van der Waals surface area contributed by atoms with Gasteiger partial charge in [0.1, 0.15) is 5.78 Å². The monoisotopic (exact) mass is 332 g/mol. The summed E-state index contributed by atoms with van der Waals surface area (Å²) in [5.41, 5.74) is 0. The van der Waals surface area contributed by atoms with Crippen LogP contribution in [-0.4, -0.2) is 35.0 Å². The lowest BCUT2D eigenvalue weighted by Crippen LogP contribution is -2.52. The van der Waals surface area contributed by atoms with Crippen LogP contribution in [0.3, 0.4) is 0 Å². The third-order valence-electron chi connectivity index (χ3n) is 7.72. The van der Waals surface area contributed by atoms with Gasteiger partial charge in [0.2, 0.25) is 0 Å². The van der Waals surface area contributed by atoms with E-state index in [0.29, 0.717) is 30.0 Å². The zero-order valence-corrected chi connectivity index (χ0v) is 15.8. The van der Waals surface area contributed by atoms with Crippen LogP contribution in [-0.2, 0) is 4.79 Å². The van der Waals surface area contributed by atoms with Crippen molar-refractivity contribution in [3.63, 3.8) is 0 Å². The molecule has 3 nitrogen and oxygen atoms in total. The first-order valence-corrected chi connectivity index (χ1v) is 10.6. The summed E-state index contributed by atoms with van der Waals surface area (Å²) in [4.78, 5) is 15.3. The Morgan fingerprint density at radius 1 is 0.958 bits per heavy atom. The number of Topliss-reactive ketones (excluding diaryl/α,β-unsaturated/α-hetero) is 1. The average Bonchev–Trinajstić information content (AvgIpc) is 3.09. The van der Waals surface area contributed by atoms with Gasteiger partial charge in [-0.15, -0.1) is 0 Å². The summed E-state index contributed by atoms with van der Waals surface area (Å²) in [6, 6.07) is 1.33. The first-order chi connectivity index (χ1) is 11.6. The molecule has 0 aromatic carbocycles. The van der Waals surface area contributed by atoms with Crippen molar-refractivity contribution in [2.75, 3.05) is 0 Å². The highest BCUT2D eigenvalue weighted by Crippen LogP contribution is 2.53. The number of hydrogen-bond donors (Lipinski definition) is 1. The molecule has 2 heterocycles. The summed E-state index contributed by atoms with van der Waals surface area (Å²) in [5.74, 6) is 3.35. The first-order valence-electron chi connectivity index (χ1n) is 10.6. The van der Waals surface area contributed by atoms with Crippen molar-refractivity contribution in [1.29, 1.82) is 0 Å². The fourth-order valence-electron chi connectivity index (χ4n) is 6.97. The summed E-state index contributed by atoms with van der Waals surface area (Å²) >= 11 is 0. The van der Waals surface area contributed by atoms with Crippen LogP contribution in [0.4, 0.5) is 0 Å². The molecule has 6 atom stereocenters. The van der Waals surface area contributed by atoms with E-state index in [9.17, 15) is 4.79 Å². The van der Waals surface area contributed by atoms with E-state index < -0.39 is 0 Å². The number of nitrogens with zero attached hydrogens (tertiary/aromatic N) is 1. The fourth-order valence-corrected chi connectivity index (χ4v) is 6.97. The predicted octanol–water partition coefficient (Wildman–Crippen LogP) is 3.97. The van der Waals surface area contributed by atoms with Crippen molar-refractivity contribution < 1.29 is 4.79 Å². The molecule has 4 fully saturated rings. The van der Waals surface area contributed by atoms with Gasteiger partial charge in [-0.2, -0.15) is 0 Å². The molecule has 2 saturated heterocycles. The molecule has 6 unspecified atom stereocenters. The van der Waals surface area contributed by atoms with Gasteiger partial charge in [-0.1, -0.05) is 44.9 Å². The molecule has 0 aromatic rings. The Kier molecular flexibility index (Phi) is 4.77. The molecular formula is C21H36N2O. The summed E-state index contributed by atoms with van der Waals surface area (Å²) < 4.78 is 0. The number of hydrogen-bond acceptors (Lipinski definition) is 3. The van der Waals surface area contributed by atoms with Gasteiger partial charge in [0.25, 0.3) is 0 Å². The summed E-state index contributed by atoms with van der Waals surface area (Å²) in [5, 5.41) is 4.01. The molecule has 0 bridgehead atoms. The molecule has 2 aliphatic heterocycles. The highest BCUT2D eigenvalue weighted by Gasteiger charge is 2.60. The lowest BCUT2D eigenvalue weighted by Gasteiger charge is -2.40. The number of carbonyl (C=O) groups excluding carboxylic acids is 1. The smallest absolute Gasteiger partial charge is 0.147 e. The van der Waals surface area contributed by atoms with Gasteiger partial charge in [-0.3, -0.25) is 15.0 Å². The fraction of sp³-hybridized carbons (Fsp3) is 0.952. The number of carbonyl (C=O) groups is 1. The molecule has 24 heavy (non-hydrogen) atoms. The van der Waals surface area contributed by atoms with Crippen molar-refractivity contribution in [2.24, 2.45) is 23.7 Å². The van der Waals surface area contributed by atoms with Gasteiger partial charge >= 0.3 is 0 Å². The van der Waals surface area contributed by atoms with Gasteiger partial charge in [-0.25, -0.2) is 0 Å². The lowest BCUT2D eigenvalue weighted by atomic mass is 9.66. The standard InChI is InChI=1S/C21H36N2O/c1-13(2)23-20(14(3)24)18(15-9-5-4-6-10-15)19-16-11-7-8-12-17(16)22-21(19)23/h13,15-22H,4-12H2,1-3H3. The van der Waals surface area contributed by atoms with Crippen LogP contribution in [0.5, 0.6) is 0 Å². The van der Waals surface area contributed by atoms with Gasteiger partial charge in [0, 0.05) is 12.1 Å². The molecule has 0 amide bonds. The van der Waals surface area contributed by atoms with E-state index in [1.165, 1.54) is 57.8 Å². The third kappa shape index (κ3) is 2.67. The SMILES string of the molecule is CC(=O)C1C(C2CCCCC2)C2C3CCCCC3NC2N1C(C)C. The lowest BCUT2D eigenvalue weighted by molar-refractivity contribution is -0.124. The van der Waals surface area contributed by atoms with Crippen molar-refractivity contribution >= 4 is 5.78 Å². The summed E-state index contributed by atoms with van der Waals surface area (Å²) in [6.45, 7) is 6.44. The second-order valence-electron chi connectivity index (χ2n) is 9.32. The summed E-state index contributed by atoms with van der Waals surface area (Å²) in [7, 11) is 0. The Bertz CT molecular complexity index is 470. The van der Waals surface area contributed by atoms with Crippen molar-refractivity contribution in [3.8, 4) is 0 Å². The van der Waals surface area contributed by atoms with Crippen LogP contribution >= 0.6 is 0 Å². The van der Waals surface area contributed by atoms with Crippen molar-refractivity contribution in [1.82, 2.24) is 10.2 Å². The Morgan fingerprint density at radius 3 is 2.29 bits per heavy atom. The molecule has 0 aromatic heterocycles. The normalized spacial score (nSPS) is 43.8. The first kappa shape index (κ1) is 17.0. The molecule has 136 valence electrons. The number of ketones is 1. The van der Waals surface area contributed by atoms with Crippen LogP contribution in [0.1, 0.15) is 78.6 Å². The second kappa shape index (κ2) is 6.72. The maximum absolute atomic E-state index is 12.7. The van der Waals surface area contributed by atoms with Crippen LogP contribution in [0.25, 0.3) is 0 Å². The molecular weight excluding hydrogens is 296 g/mol. The molecule has 0 spiro atoms. The molecule has 1 N–H and O–H groups in total. The van der Waals surface area contributed by atoms with Crippen LogP contribution in [0, 0.1) is 23.7 Å². The minimum absolute atomic E-state index is 0.165. The van der Waals surface area contributed by atoms with Crippen molar-refractivity contribution in [3.05, 3.63) is 0 Å². The quantitative estimate of drug-likeness (QED) is 0.849. The Balaban J connectivity index is 1.70. The highest BCUT2D eigenvalue weighted by atomic mass is 16.1. The van der Waals surface area contributed by atoms with E-state index in [0.717, 1.165) is 17.8 Å². The van der Waals surface area contributed by atoms with E-state index in [1.807, 2.05) is 6.92 Å². The minimum Gasteiger partial charge on any atom is -0.298 e. The Labute approximate surface area is 147 Å². The maximum atomic E-state index is 12.7. The molecule has 2 aliphatic carbocycles. The van der Waals surface area contributed by atoms with E-state index in [1.54, 1.807) is 0 Å². The number of fused-ring (bicyclic) bond motifs is 3. The summed E-state index contributed by atoms with van der Waals surface area (Å²) in [6.07, 6.45) is 12.9. The second-order valence-corrected chi connectivity index (χ2v) is 9.32. The zero-order chi connectivity index (χ0) is 16.8. The van der Waals surface area contributed by atoms with Gasteiger partial charge in [-0.05, 0) is 57.3 Å². The third-order valence-corrected chi connectivity index (χ3v) is 7.72.